The third kappa shape index (κ3) is 6.71. The van der Waals surface area contributed by atoms with Crippen LogP contribution >= 0.6 is 11.8 Å². The minimum Gasteiger partial charge on any atom is -0.481 e. The van der Waals surface area contributed by atoms with Crippen LogP contribution < -0.4 is 10.6 Å². The van der Waals surface area contributed by atoms with Crippen molar-refractivity contribution in [2.24, 2.45) is 11.3 Å². The van der Waals surface area contributed by atoms with Gasteiger partial charge in [-0.15, -0.1) is 0 Å². The van der Waals surface area contributed by atoms with E-state index in [0.717, 1.165) is 17.9 Å². The standard InChI is InChI=1S/C13H24N2O3S/c1-13(2,3)6-9(11(16)17)7-14-12(18)15-10-4-5-19-8-10/h9-10H,4-8H2,1-3H3,(H,16,17)(H2,14,15,18). The molecule has 1 aliphatic heterocycles. The molecule has 3 N–H and O–H groups in total. The zero-order chi connectivity index (χ0) is 14.5. The van der Waals surface area contributed by atoms with E-state index in [9.17, 15) is 9.59 Å². The molecule has 0 saturated carbocycles. The number of carboxylic acid groups (broad SMARTS) is 1. The van der Waals surface area contributed by atoms with Crippen molar-refractivity contribution in [2.45, 2.75) is 39.7 Å². The second-order valence-corrected chi connectivity index (χ2v) is 7.36. The Kier molecular flexibility index (Phi) is 5.97. The van der Waals surface area contributed by atoms with Crippen LogP contribution in [0.5, 0.6) is 0 Å². The lowest BCUT2D eigenvalue weighted by atomic mass is 9.84. The Morgan fingerprint density at radius 1 is 1.42 bits per heavy atom. The number of carbonyl (C=O) groups excluding carboxylic acids is 1. The highest BCUT2D eigenvalue weighted by molar-refractivity contribution is 7.99. The first-order chi connectivity index (χ1) is 8.78. The van der Waals surface area contributed by atoms with Crippen molar-refractivity contribution in [2.75, 3.05) is 18.1 Å². The molecule has 2 amide bonds. The quantitative estimate of drug-likeness (QED) is 0.722. The third-order valence-electron chi connectivity index (χ3n) is 2.98. The first kappa shape index (κ1) is 16.1. The van der Waals surface area contributed by atoms with Gasteiger partial charge in [-0.3, -0.25) is 4.79 Å². The summed E-state index contributed by atoms with van der Waals surface area (Å²) in [5.41, 5.74) is -0.0662. The van der Waals surface area contributed by atoms with Gasteiger partial charge in [0, 0.05) is 18.3 Å². The van der Waals surface area contributed by atoms with Crippen LogP contribution in [0.1, 0.15) is 33.6 Å². The van der Waals surface area contributed by atoms with E-state index in [1.54, 1.807) is 0 Å². The van der Waals surface area contributed by atoms with Gasteiger partial charge in [0.25, 0.3) is 0 Å². The van der Waals surface area contributed by atoms with Gasteiger partial charge in [-0.05, 0) is 24.0 Å². The van der Waals surface area contributed by atoms with E-state index in [1.807, 2.05) is 32.5 Å². The molecule has 1 rings (SSSR count). The SMILES string of the molecule is CC(C)(C)CC(CNC(=O)NC1CCSC1)C(=O)O. The van der Waals surface area contributed by atoms with Gasteiger partial charge in [-0.1, -0.05) is 20.8 Å². The number of carboxylic acids is 1. The summed E-state index contributed by atoms with van der Waals surface area (Å²) in [7, 11) is 0. The molecule has 0 aromatic rings. The molecule has 2 atom stereocenters. The van der Waals surface area contributed by atoms with Crippen LogP contribution in [0.3, 0.4) is 0 Å². The zero-order valence-corrected chi connectivity index (χ0v) is 12.7. The summed E-state index contributed by atoms with van der Waals surface area (Å²) in [6, 6.07) is -0.0384. The van der Waals surface area contributed by atoms with Crippen LogP contribution in [-0.2, 0) is 4.79 Å². The predicted octanol–water partition coefficient (Wildman–Crippen LogP) is 1.93. The fourth-order valence-corrected chi connectivity index (χ4v) is 3.24. The van der Waals surface area contributed by atoms with Gasteiger partial charge in [0.15, 0.2) is 0 Å². The first-order valence-corrected chi connectivity index (χ1v) is 7.78. The van der Waals surface area contributed by atoms with Crippen LogP contribution in [0.25, 0.3) is 0 Å². The average Bonchev–Trinajstić information content (AvgIpc) is 2.75. The predicted molar refractivity (Wildman–Crippen MR) is 77.5 cm³/mol. The molecule has 0 aromatic heterocycles. The number of urea groups is 1. The summed E-state index contributed by atoms with van der Waals surface area (Å²) in [5, 5.41) is 14.7. The third-order valence-corrected chi connectivity index (χ3v) is 4.14. The van der Waals surface area contributed by atoms with Crippen molar-refractivity contribution < 1.29 is 14.7 Å². The number of hydrogen-bond acceptors (Lipinski definition) is 3. The summed E-state index contributed by atoms with van der Waals surface area (Å²) in [4.78, 5) is 22.8. The maximum Gasteiger partial charge on any atom is 0.315 e. The number of aliphatic carboxylic acids is 1. The molecule has 19 heavy (non-hydrogen) atoms. The minimum atomic E-state index is -0.855. The normalized spacial score (nSPS) is 20.9. The summed E-state index contributed by atoms with van der Waals surface area (Å²) in [6.07, 6.45) is 1.53. The number of hydrogen-bond donors (Lipinski definition) is 3. The molecule has 6 heteroatoms. The van der Waals surface area contributed by atoms with E-state index < -0.39 is 11.9 Å². The molecular formula is C13H24N2O3S. The van der Waals surface area contributed by atoms with E-state index in [4.69, 9.17) is 5.11 Å². The minimum absolute atomic E-state index is 0.0662. The van der Waals surface area contributed by atoms with Gasteiger partial charge in [0.1, 0.15) is 0 Å². The summed E-state index contributed by atoms with van der Waals surface area (Å²) in [6.45, 7) is 6.18. The number of amides is 2. The Labute approximate surface area is 118 Å². The van der Waals surface area contributed by atoms with Crippen molar-refractivity contribution in [1.29, 1.82) is 0 Å². The van der Waals surface area contributed by atoms with Crippen LogP contribution in [0.15, 0.2) is 0 Å². The van der Waals surface area contributed by atoms with Crippen LogP contribution in [0, 0.1) is 11.3 Å². The Morgan fingerprint density at radius 2 is 2.11 bits per heavy atom. The average molecular weight is 288 g/mol. The molecule has 0 spiro atoms. The molecule has 110 valence electrons. The van der Waals surface area contributed by atoms with Crippen LogP contribution in [-0.4, -0.2) is 41.2 Å². The van der Waals surface area contributed by atoms with Crippen molar-refractivity contribution >= 4 is 23.8 Å². The smallest absolute Gasteiger partial charge is 0.315 e. The molecule has 5 nitrogen and oxygen atoms in total. The van der Waals surface area contributed by atoms with Crippen molar-refractivity contribution in [1.82, 2.24) is 10.6 Å². The van der Waals surface area contributed by atoms with E-state index in [1.165, 1.54) is 0 Å². The molecule has 1 saturated heterocycles. The molecule has 0 aromatic carbocycles. The Hall–Kier alpha value is -0.910. The van der Waals surface area contributed by atoms with Crippen molar-refractivity contribution in [3.8, 4) is 0 Å². The van der Waals surface area contributed by atoms with Crippen LogP contribution in [0.4, 0.5) is 4.79 Å². The fourth-order valence-electron chi connectivity index (χ4n) is 2.09. The van der Waals surface area contributed by atoms with Crippen molar-refractivity contribution in [3.05, 3.63) is 0 Å². The molecule has 2 unspecified atom stereocenters. The van der Waals surface area contributed by atoms with Gasteiger partial charge in [-0.2, -0.15) is 11.8 Å². The first-order valence-electron chi connectivity index (χ1n) is 6.63. The Balaban J connectivity index is 2.34. The van der Waals surface area contributed by atoms with Crippen molar-refractivity contribution in [3.63, 3.8) is 0 Å². The number of carbonyl (C=O) groups is 2. The summed E-state index contributed by atoms with van der Waals surface area (Å²) in [5.74, 6) is 0.625. The summed E-state index contributed by atoms with van der Waals surface area (Å²) < 4.78 is 0. The van der Waals surface area contributed by atoms with E-state index >= 15 is 0 Å². The number of thioether (sulfide) groups is 1. The molecule has 1 fully saturated rings. The van der Waals surface area contributed by atoms with Gasteiger partial charge in [0.2, 0.25) is 0 Å². The monoisotopic (exact) mass is 288 g/mol. The fraction of sp³-hybridized carbons (Fsp3) is 0.846. The highest BCUT2D eigenvalue weighted by atomic mass is 32.2. The second kappa shape index (κ2) is 7.03. The van der Waals surface area contributed by atoms with E-state index in [2.05, 4.69) is 10.6 Å². The molecule has 0 aliphatic carbocycles. The highest BCUT2D eigenvalue weighted by Gasteiger charge is 2.25. The topological polar surface area (TPSA) is 78.4 Å². The summed E-state index contributed by atoms with van der Waals surface area (Å²) >= 11 is 1.82. The van der Waals surface area contributed by atoms with Gasteiger partial charge >= 0.3 is 12.0 Å². The molecular weight excluding hydrogens is 264 g/mol. The second-order valence-electron chi connectivity index (χ2n) is 6.21. The molecule has 0 radical (unpaired) electrons. The Morgan fingerprint density at radius 3 is 2.58 bits per heavy atom. The largest absolute Gasteiger partial charge is 0.481 e. The van der Waals surface area contributed by atoms with E-state index in [-0.39, 0.29) is 24.0 Å². The molecule has 0 bridgehead atoms. The zero-order valence-electron chi connectivity index (χ0n) is 11.9. The van der Waals surface area contributed by atoms with Gasteiger partial charge in [0.05, 0.1) is 5.92 Å². The maximum atomic E-state index is 11.7. The molecule has 1 heterocycles. The molecule has 1 aliphatic rings. The van der Waals surface area contributed by atoms with Crippen LogP contribution in [0.2, 0.25) is 0 Å². The Bertz CT molecular complexity index is 322. The van der Waals surface area contributed by atoms with E-state index in [0.29, 0.717) is 6.42 Å². The van der Waals surface area contributed by atoms with Gasteiger partial charge < -0.3 is 15.7 Å². The number of nitrogens with one attached hydrogen (secondary N) is 2. The maximum absolute atomic E-state index is 11.7. The lowest BCUT2D eigenvalue weighted by Gasteiger charge is -2.23. The highest BCUT2D eigenvalue weighted by Crippen LogP contribution is 2.24. The lowest BCUT2D eigenvalue weighted by molar-refractivity contribution is -0.142. The lowest BCUT2D eigenvalue weighted by Crippen LogP contribution is -2.45. The van der Waals surface area contributed by atoms with Gasteiger partial charge in [-0.25, -0.2) is 4.79 Å². The number of rotatable bonds is 5.